The molecule has 1 aliphatic heterocycles. The van der Waals surface area contributed by atoms with Gasteiger partial charge in [0.15, 0.2) is 0 Å². The second kappa shape index (κ2) is 6.99. The third-order valence-corrected chi connectivity index (χ3v) is 4.69. The third kappa shape index (κ3) is 3.37. The average Bonchev–Trinajstić information content (AvgIpc) is 2.68. The molecule has 130 valence electrons. The van der Waals surface area contributed by atoms with E-state index < -0.39 is 5.60 Å². The second-order valence-corrected chi connectivity index (χ2v) is 6.11. The van der Waals surface area contributed by atoms with Gasteiger partial charge in [-0.3, -0.25) is 0 Å². The zero-order valence-electron chi connectivity index (χ0n) is 14.4. The van der Waals surface area contributed by atoms with E-state index in [4.69, 9.17) is 9.47 Å². The predicted molar refractivity (Wildman–Crippen MR) is 93.8 cm³/mol. The van der Waals surface area contributed by atoms with Gasteiger partial charge in [0, 0.05) is 25.4 Å². The number of nitrogens with zero attached hydrogens (tertiary/aromatic N) is 3. The van der Waals surface area contributed by atoms with Gasteiger partial charge in [-0.25, -0.2) is 4.98 Å². The van der Waals surface area contributed by atoms with Crippen molar-refractivity contribution in [3.63, 3.8) is 0 Å². The number of hydrogen-bond donors (Lipinski definition) is 1. The maximum Gasteiger partial charge on any atom is 0.146 e. The SMILES string of the molecule is COc1cc(OC)cc(C2(O)CCN(c3ncccc3C#N)CC2)c1. The summed E-state index contributed by atoms with van der Waals surface area (Å²) in [6.45, 7) is 1.23. The lowest BCUT2D eigenvalue weighted by molar-refractivity contribution is 0.0113. The summed E-state index contributed by atoms with van der Waals surface area (Å²) in [6, 6.07) is 11.2. The number of benzene rings is 1. The van der Waals surface area contributed by atoms with Crippen molar-refractivity contribution in [2.24, 2.45) is 0 Å². The van der Waals surface area contributed by atoms with Crippen molar-refractivity contribution in [1.29, 1.82) is 5.26 Å². The zero-order chi connectivity index (χ0) is 17.9. The summed E-state index contributed by atoms with van der Waals surface area (Å²) in [7, 11) is 3.19. The van der Waals surface area contributed by atoms with Crippen LogP contribution in [0.1, 0.15) is 24.0 Å². The standard InChI is InChI=1S/C19H21N3O3/c1-24-16-10-15(11-17(12-16)25-2)19(23)5-8-22(9-6-19)18-14(13-20)4-3-7-21-18/h3-4,7,10-12,23H,5-6,8-9H2,1-2H3. The minimum atomic E-state index is -0.958. The van der Waals surface area contributed by atoms with Crippen LogP contribution >= 0.6 is 0 Å². The summed E-state index contributed by atoms with van der Waals surface area (Å²) in [5.74, 6) is 1.98. The van der Waals surface area contributed by atoms with Gasteiger partial charge in [-0.1, -0.05) is 0 Å². The van der Waals surface area contributed by atoms with Crippen LogP contribution in [0.5, 0.6) is 11.5 Å². The highest BCUT2D eigenvalue weighted by Gasteiger charge is 2.35. The molecule has 1 aromatic heterocycles. The van der Waals surface area contributed by atoms with Gasteiger partial charge in [0.25, 0.3) is 0 Å². The molecular formula is C19H21N3O3. The van der Waals surface area contributed by atoms with Crippen molar-refractivity contribution in [3.8, 4) is 17.6 Å². The van der Waals surface area contributed by atoms with Crippen molar-refractivity contribution < 1.29 is 14.6 Å². The number of anilines is 1. The smallest absolute Gasteiger partial charge is 0.146 e. The largest absolute Gasteiger partial charge is 0.497 e. The first-order chi connectivity index (χ1) is 12.1. The van der Waals surface area contributed by atoms with Gasteiger partial charge in [0.1, 0.15) is 23.4 Å². The van der Waals surface area contributed by atoms with Crippen molar-refractivity contribution in [2.45, 2.75) is 18.4 Å². The van der Waals surface area contributed by atoms with E-state index in [9.17, 15) is 10.4 Å². The molecule has 0 bridgehead atoms. The Morgan fingerprint density at radius 1 is 1.16 bits per heavy atom. The van der Waals surface area contributed by atoms with Crippen molar-refractivity contribution >= 4 is 5.82 Å². The van der Waals surface area contributed by atoms with Crippen LogP contribution in [0.2, 0.25) is 0 Å². The van der Waals surface area contributed by atoms with Crippen LogP contribution in [0.15, 0.2) is 36.5 Å². The van der Waals surface area contributed by atoms with Crippen molar-refractivity contribution in [3.05, 3.63) is 47.7 Å². The summed E-state index contributed by atoms with van der Waals surface area (Å²) in [5, 5.41) is 20.4. The number of nitriles is 1. The molecule has 0 saturated carbocycles. The summed E-state index contributed by atoms with van der Waals surface area (Å²) in [5.41, 5.74) is 0.376. The lowest BCUT2D eigenvalue weighted by Gasteiger charge is -2.39. The van der Waals surface area contributed by atoms with Gasteiger partial charge in [0.05, 0.1) is 25.4 Å². The highest BCUT2D eigenvalue weighted by Crippen LogP contribution is 2.38. The molecule has 0 radical (unpaired) electrons. The number of pyridine rings is 1. The molecule has 25 heavy (non-hydrogen) atoms. The molecular weight excluding hydrogens is 318 g/mol. The Labute approximate surface area is 147 Å². The van der Waals surface area contributed by atoms with E-state index in [0.29, 0.717) is 48.8 Å². The molecule has 1 saturated heterocycles. The number of ether oxygens (including phenoxy) is 2. The van der Waals surface area contributed by atoms with E-state index in [1.54, 1.807) is 38.6 Å². The van der Waals surface area contributed by atoms with Crippen LogP contribution in [0.4, 0.5) is 5.82 Å². The van der Waals surface area contributed by atoms with Crippen LogP contribution in [0, 0.1) is 11.3 Å². The lowest BCUT2D eigenvalue weighted by Crippen LogP contribution is -2.43. The van der Waals surface area contributed by atoms with E-state index in [-0.39, 0.29) is 0 Å². The van der Waals surface area contributed by atoms with E-state index >= 15 is 0 Å². The number of rotatable bonds is 4. The molecule has 3 rings (SSSR count). The first kappa shape index (κ1) is 17.1. The molecule has 0 aliphatic carbocycles. The fourth-order valence-electron chi connectivity index (χ4n) is 3.19. The van der Waals surface area contributed by atoms with Gasteiger partial charge in [0.2, 0.25) is 0 Å². The minimum absolute atomic E-state index is 0.533. The maximum atomic E-state index is 11.2. The van der Waals surface area contributed by atoms with Crippen LogP contribution in [-0.4, -0.2) is 37.4 Å². The highest BCUT2D eigenvalue weighted by atomic mass is 16.5. The number of piperidine rings is 1. The second-order valence-electron chi connectivity index (χ2n) is 6.11. The number of methoxy groups -OCH3 is 2. The predicted octanol–water partition coefficient (Wildman–Crippen LogP) is 2.46. The molecule has 1 N–H and O–H groups in total. The molecule has 6 heteroatoms. The summed E-state index contributed by atoms with van der Waals surface area (Å²) in [4.78, 5) is 6.38. The van der Waals surface area contributed by atoms with Gasteiger partial charge >= 0.3 is 0 Å². The lowest BCUT2D eigenvalue weighted by atomic mass is 9.84. The Morgan fingerprint density at radius 2 is 1.80 bits per heavy atom. The van der Waals surface area contributed by atoms with Crippen molar-refractivity contribution in [1.82, 2.24) is 4.98 Å². The van der Waals surface area contributed by atoms with Gasteiger partial charge in [-0.2, -0.15) is 5.26 Å². The quantitative estimate of drug-likeness (QED) is 0.922. The first-order valence-electron chi connectivity index (χ1n) is 8.15. The molecule has 1 aliphatic rings. The molecule has 0 spiro atoms. The topological polar surface area (TPSA) is 78.6 Å². The van der Waals surface area contributed by atoms with Gasteiger partial charge in [-0.05, 0) is 42.7 Å². The molecule has 6 nitrogen and oxygen atoms in total. The Morgan fingerprint density at radius 3 is 2.36 bits per heavy atom. The monoisotopic (exact) mass is 339 g/mol. The fraction of sp³-hybridized carbons (Fsp3) is 0.368. The molecule has 1 fully saturated rings. The van der Waals surface area contributed by atoms with E-state index in [1.165, 1.54) is 0 Å². The maximum absolute atomic E-state index is 11.2. The number of aliphatic hydroxyl groups is 1. The molecule has 0 unspecified atom stereocenters. The fourth-order valence-corrected chi connectivity index (χ4v) is 3.19. The minimum Gasteiger partial charge on any atom is -0.497 e. The summed E-state index contributed by atoms with van der Waals surface area (Å²) < 4.78 is 10.6. The molecule has 0 amide bonds. The molecule has 2 heterocycles. The molecule has 1 aromatic carbocycles. The highest BCUT2D eigenvalue weighted by molar-refractivity contribution is 5.54. The van der Waals surface area contributed by atoms with Crippen LogP contribution in [-0.2, 0) is 5.60 Å². The normalized spacial score (nSPS) is 16.2. The third-order valence-electron chi connectivity index (χ3n) is 4.69. The average molecular weight is 339 g/mol. The molecule has 2 aromatic rings. The zero-order valence-corrected chi connectivity index (χ0v) is 14.4. The Kier molecular flexibility index (Phi) is 4.77. The Bertz CT molecular complexity index is 770. The Balaban J connectivity index is 1.82. The van der Waals surface area contributed by atoms with E-state index in [1.807, 2.05) is 17.0 Å². The van der Waals surface area contributed by atoms with Crippen LogP contribution in [0.25, 0.3) is 0 Å². The summed E-state index contributed by atoms with van der Waals surface area (Å²) in [6.07, 6.45) is 2.75. The summed E-state index contributed by atoms with van der Waals surface area (Å²) >= 11 is 0. The first-order valence-corrected chi connectivity index (χ1v) is 8.15. The van der Waals surface area contributed by atoms with Crippen LogP contribution in [0.3, 0.4) is 0 Å². The van der Waals surface area contributed by atoms with Crippen molar-refractivity contribution in [2.75, 3.05) is 32.2 Å². The van der Waals surface area contributed by atoms with Gasteiger partial charge < -0.3 is 19.5 Å². The van der Waals surface area contributed by atoms with E-state index in [2.05, 4.69) is 11.1 Å². The van der Waals surface area contributed by atoms with Crippen LogP contribution < -0.4 is 14.4 Å². The number of hydrogen-bond acceptors (Lipinski definition) is 6. The van der Waals surface area contributed by atoms with E-state index in [0.717, 1.165) is 5.56 Å². The molecule has 0 atom stereocenters. The Hall–Kier alpha value is -2.78. The van der Waals surface area contributed by atoms with Gasteiger partial charge in [-0.15, -0.1) is 0 Å². The number of aromatic nitrogens is 1.